The summed E-state index contributed by atoms with van der Waals surface area (Å²) in [7, 11) is 0. The lowest BCUT2D eigenvalue weighted by molar-refractivity contribution is 0.236. The highest BCUT2D eigenvalue weighted by Crippen LogP contribution is 2.25. The molecule has 2 heteroatoms. The first kappa shape index (κ1) is 14.1. The van der Waals surface area contributed by atoms with Crippen molar-refractivity contribution < 1.29 is 0 Å². The Kier molecular flexibility index (Phi) is 5.42. The minimum Gasteiger partial charge on any atom is -0.299 e. The van der Waals surface area contributed by atoms with E-state index < -0.39 is 0 Å². The van der Waals surface area contributed by atoms with Crippen molar-refractivity contribution in [2.24, 2.45) is 11.8 Å². The van der Waals surface area contributed by atoms with Crippen LogP contribution >= 0.6 is 0 Å². The largest absolute Gasteiger partial charge is 0.299 e. The molecule has 0 N–H and O–H groups in total. The van der Waals surface area contributed by atoms with Crippen LogP contribution in [-0.4, -0.2) is 18.0 Å². The number of hydrogen-bond donors (Lipinski definition) is 0. The highest BCUT2D eigenvalue weighted by atomic mass is 15.1. The van der Waals surface area contributed by atoms with Crippen LogP contribution in [0.25, 0.3) is 0 Å². The molecule has 0 aliphatic carbocycles. The molecule has 1 aliphatic rings. The highest BCUT2D eigenvalue weighted by molar-refractivity contribution is 5.14. The molecule has 1 aliphatic heterocycles. The third-order valence-corrected chi connectivity index (χ3v) is 4.10. The third-order valence-electron chi connectivity index (χ3n) is 4.10. The fourth-order valence-electron chi connectivity index (χ4n) is 3.08. The molecular weight excluding hydrogens is 232 g/mol. The maximum atomic E-state index is 8.77. The molecule has 0 spiro atoms. The summed E-state index contributed by atoms with van der Waals surface area (Å²) in [4.78, 5) is 2.57. The summed E-state index contributed by atoms with van der Waals surface area (Å²) in [6.07, 6.45) is 4.34. The van der Waals surface area contributed by atoms with E-state index in [0.717, 1.165) is 25.4 Å². The zero-order valence-electron chi connectivity index (χ0n) is 11.9. The topological polar surface area (TPSA) is 27.0 Å². The van der Waals surface area contributed by atoms with E-state index in [9.17, 15) is 0 Å². The zero-order valence-corrected chi connectivity index (χ0v) is 11.9. The molecule has 1 saturated heterocycles. The molecule has 2 atom stereocenters. The molecule has 19 heavy (non-hydrogen) atoms. The lowest BCUT2D eigenvalue weighted by atomic mass is 9.92. The molecule has 0 saturated carbocycles. The van der Waals surface area contributed by atoms with E-state index in [-0.39, 0.29) is 0 Å². The minimum atomic E-state index is 0.695. The van der Waals surface area contributed by atoms with Gasteiger partial charge >= 0.3 is 0 Å². The van der Waals surface area contributed by atoms with Crippen LogP contribution in [0.2, 0.25) is 0 Å². The van der Waals surface area contributed by atoms with Crippen molar-refractivity contribution in [3.05, 3.63) is 35.9 Å². The first-order valence-electron chi connectivity index (χ1n) is 7.41. The van der Waals surface area contributed by atoms with Crippen molar-refractivity contribution in [1.82, 2.24) is 4.90 Å². The predicted molar refractivity (Wildman–Crippen MR) is 78.5 cm³/mol. The SMILES string of the molecule is CC1CCN(Cc2ccccc2)CC(CCC#N)C1. The van der Waals surface area contributed by atoms with E-state index in [1.165, 1.54) is 24.9 Å². The van der Waals surface area contributed by atoms with Crippen LogP contribution < -0.4 is 0 Å². The van der Waals surface area contributed by atoms with Gasteiger partial charge < -0.3 is 0 Å². The normalized spacial score (nSPS) is 24.6. The van der Waals surface area contributed by atoms with E-state index in [1.807, 2.05) is 0 Å². The Balaban J connectivity index is 1.94. The molecule has 2 unspecified atom stereocenters. The summed E-state index contributed by atoms with van der Waals surface area (Å²) in [6.45, 7) is 5.75. The van der Waals surface area contributed by atoms with Gasteiger partial charge in [-0.3, -0.25) is 4.90 Å². The van der Waals surface area contributed by atoms with Gasteiger partial charge in [-0.25, -0.2) is 0 Å². The summed E-state index contributed by atoms with van der Waals surface area (Å²) in [5, 5.41) is 8.77. The molecule has 102 valence electrons. The van der Waals surface area contributed by atoms with Crippen LogP contribution in [0.4, 0.5) is 0 Å². The second-order valence-electron chi connectivity index (χ2n) is 5.91. The van der Waals surface area contributed by atoms with Gasteiger partial charge in [0.15, 0.2) is 0 Å². The van der Waals surface area contributed by atoms with Crippen molar-refractivity contribution in [3.63, 3.8) is 0 Å². The maximum Gasteiger partial charge on any atom is 0.0621 e. The van der Waals surface area contributed by atoms with Crippen molar-refractivity contribution in [2.45, 2.75) is 39.2 Å². The average molecular weight is 256 g/mol. The Morgan fingerprint density at radius 2 is 2.11 bits per heavy atom. The molecule has 2 nitrogen and oxygen atoms in total. The van der Waals surface area contributed by atoms with Crippen LogP contribution in [0.15, 0.2) is 30.3 Å². The molecule has 1 aromatic carbocycles. The van der Waals surface area contributed by atoms with Crippen LogP contribution in [0.5, 0.6) is 0 Å². The lowest BCUT2D eigenvalue weighted by Gasteiger charge is -2.23. The molecular formula is C17H24N2. The summed E-state index contributed by atoms with van der Waals surface area (Å²) >= 11 is 0. The van der Waals surface area contributed by atoms with Gasteiger partial charge in [-0.1, -0.05) is 37.3 Å². The Morgan fingerprint density at radius 3 is 2.84 bits per heavy atom. The Hall–Kier alpha value is -1.33. The van der Waals surface area contributed by atoms with Gasteiger partial charge in [0.1, 0.15) is 0 Å². The fourth-order valence-corrected chi connectivity index (χ4v) is 3.08. The fraction of sp³-hybridized carbons (Fsp3) is 0.588. The Labute approximate surface area is 117 Å². The van der Waals surface area contributed by atoms with Gasteiger partial charge in [0.2, 0.25) is 0 Å². The molecule has 0 radical (unpaired) electrons. The number of nitrogens with zero attached hydrogens (tertiary/aromatic N) is 2. The van der Waals surface area contributed by atoms with Crippen LogP contribution in [0, 0.1) is 23.2 Å². The van der Waals surface area contributed by atoms with Crippen molar-refractivity contribution >= 4 is 0 Å². The monoisotopic (exact) mass is 256 g/mol. The van der Waals surface area contributed by atoms with Crippen molar-refractivity contribution in [1.29, 1.82) is 5.26 Å². The first-order chi connectivity index (χ1) is 9.28. The van der Waals surface area contributed by atoms with Crippen LogP contribution in [0.3, 0.4) is 0 Å². The summed E-state index contributed by atoms with van der Waals surface area (Å²) in [6, 6.07) is 13.0. The molecule has 0 amide bonds. The smallest absolute Gasteiger partial charge is 0.0621 e. The zero-order chi connectivity index (χ0) is 13.5. The second kappa shape index (κ2) is 7.31. The molecule has 2 rings (SSSR count). The minimum absolute atomic E-state index is 0.695. The van der Waals surface area contributed by atoms with E-state index in [4.69, 9.17) is 5.26 Å². The Morgan fingerprint density at radius 1 is 1.32 bits per heavy atom. The average Bonchev–Trinajstić information content (AvgIpc) is 2.60. The molecule has 0 bridgehead atoms. The van der Waals surface area contributed by atoms with Gasteiger partial charge in [-0.15, -0.1) is 0 Å². The molecule has 1 fully saturated rings. The maximum absolute atomic E-state index is 8.77. The molecule has 0 aromatic heterocycles. The quantitative estimate of drug-likeness (QED) is 0.818. The Bertz CT molecular complexity index is 407. The van der Waals surface area contributed by atoms with Gasteiger partial charge in [0.25, 0.3) is 0 Å². The third kappa shape index (κ3) is 4.69. The van der Waals surface area contributed by atoms with Gasteiger partial charge in [0, 0.05) is 19.5 Å². The lowest BCUT2D eigenvalue weighted by Crippen LogP contribution is -2.28. The number of hydrogen-bond acceptors (Lipinski definition) is 2. The van der Waals surface area contributed by atoms with Crippen molar-refractivity contribution in [3.8, 4) is 6.07 Å². The molecule has 1 aromatic rings. The number of likely N-dealkylation sites (tertiary alicyclic amines) is 1. The van der Waals surface area contributed by atoms with Gasteiger partial charge in [-0.05, 0) is 43.2 Å². The number of nitriles is 1. The second-order valence-corrected chi connectivity index (χ2v) is 5.91. The summed E-state index contributed by atoms with van der Waals surface area (Å²) in [5.74, 6) is 1.49. The van der Waals surface area contributed by atoms with E-state index in [2.05, 4.69) is 48.2 Å². The van der Waals surface area contributed by atoms with E-state index in [1.54, 1.807) is 0 Å². The number of benzene rings is 1. The van der Waals surface area contributed by atoms with Crippen LogP contribution in [0.1, 0.15) is 38.2 Å². The van der Waals surface area contributed by atoms with Gasteiger partial charge in [-0.2, -0.15) is 5.26 Å². The van der Waals surface area contributed by atoms with E-state index in [0.29, 0.717) is 12.3 Å². The number of rotatable bonds is 4. The van der Waals surface area contributed by atoms with Crippen LogP contribution in [-0.2, 0) is 6.54 Å². The highest BCUT2D eigenvalue weighted by Gasteiger charge is 2.21. The molecule has 1 heterocycles. The van der Waals surface area contributed by atoms with Gasteiger partial charge in [0.05, 0.1) is 6.07 Å². The standard InChI is InChI=1S/C17H24N2/c1-15-9-11-19(13-16-6-3-2-4-7-16)14-17(12-15)8-5-10-18/h2-4,6-7,15,17H,5,8-9,11-14H2,1H3. The summed E-state index contributed by atoms with van der Waals surface area (Å²) in [5.41, 5.74) is 1.40. The van der Waals surface area contributed by atoms with Crippen molar-refractivity contribution in [2.75, 3.05) is 13.1 Å². The first-order valence-corrected chi connectivity index (χ1v) is 7.41. The predicted octanol–water partition coefficient (Wildman–Crippen LogP) is 3.84. The summed E-state index contributed by atoms with van der Waals surface area (Å²) < 4.78 is 0. The van der Waals surface area contributed by atoms with E-state index >= 15 is 0 Å².